The third-order valence-corrected chi connectivity index (χ3v) is 4.65. The van der Waals surface area contributed by atoms with E-state index in [0.29, 0.717) is 17.0 Å². The Labute approximate surface area is 176 Å². The molecule has 7 heteroatoms. The number of esters is 1. The summed E-state index contributed by atoms with van der Waals surface area (Å²) in [6.45, 7) is 6.89. The van der Waals surface area contributed by atoms with Gasteiger partial charge in [0.15, 0.2) is 6.61 Å². The van der Waals surface area contributed by atoms with Gasteiger partial charge in [-0.3, -0.25) is 9.59 Å². The second-order valence-corrected chi connectivity index (χ2v) is 7.32. The minimum Gasteiger partial charge on any atom is -0.496 e. The van der Waals surface area contributed by atoms with Gasteiger partial charge >= 0.3 is 5.97 Å². The first-order valence-electron chi connectivity index (χ1n) is 9.71. The van der Waals surface area contributed by atoms with E-state index in [2.05, 4.69) is 10.6 Å². The summed E-state index contributed by atoms with van der Waals surface area (Å²) in [5.41, 5.74) is 2.84. The first-order valence-corrected chi connectivity index (χ1v) is 9.71. The zero-order chi connectivity index (χ0) is 22.3. The number of amides is 2. The van der Waals surface area contributed by atoms with Crippen LogP contribution < -0.4 is 15.4 Å². The van der Waals surface area contributed by atoms with Crippen LogP contribution in [0.2, 0.25) is 0 Å². The Hall–Kier alpha value is -3.35. The third-order valence-electron chi connectivity index (χ3n) is 4.65. The minimum absolute atomic E-state index is 0.238. The summed E-state index contributed by atoms with van der Waals surface area (Å²) in [5.74, 6) is -1.41. The van der Waals surface area contributed by atoms with Gasteiger partial charge in [0.25, 0.3) is 11.8 Å². The molecule has 0 spiro atoms. The van der Waals surface area contributed by atoms with Crippen molar-refractivity contribution in [2.24, 2.45) is 5.92 Å². The molecule has 0 aliphatic heterocycles. The largest absolute Gasteiger partial charge is 0.496 e. The van der Waals surface area contributed by atoms with Crippen molar-refractivity contribution in [2.45, 2.75) is 33.7 Å². The number of carbonyl (C=O) groups is 3. The van der Waals surface area contributed by atoms with Crippen molar-refractivity contribution in [3.05, 3.63) is 59.2 Å². The lowest BCUT2D eigenvalue weighted by Crippen LogP contribution is -2.46. The molecular formula is C23H28N2O5. The molecule has 0 saturated carbocycles. The summed E-state index contributed by atoms with van der Waals surface area (Å²) in [7, 11) is 1.47. The molecule has 30 heavy (non-hydrogen) atoms. The average Bonchev–Trinajstić information content (AvgIpc) is 2.72. The fourth-order valence-corrected chi connectivity index (χ4v) is 2.96. The highest BCUT2D eigenvalue weighted by Crippen LogP contribution is 2.20. The molecule has 2 aromatic carbocycles. The Morgan fingerprint density at radius 3 is 2.20 bits per heavy atom. The number of hydrogen-bond acceptors (Lipinski definition) is 5. The Bertz CT molecular complexity index is 903. The highest BCUT2D eigenvalue weighted by atomic mass is 16.5. The highest BCUT2D eigenvalue weighted by Gasteiger charge is 2.27. The van der Waals surface area contributed by atoms with Gasteiger partial charge in [-0.15, -0.1) is 0 Å². The van der Waals surface area contributed by atoms with E-state index in [1.54, 1.807) is 38.1 Å². The molecule has 160 valence electrons. The SMILES string of the molecule is COc1ccccc1C(=O)N[C@H](C(=O)OCC(=O)Nc1c(C)cccc1C)C(C)C. The monoisotopic (exact) mass is 412 g/mol. The lowest BCUT2D eigenvalue weighted by atomic mass is 10.0. The van der Waals surface area contributed by atoms with Crippen molar-refractivity contribution in [2.75, 3.05) is 19.0 Å². The van der Waals surface area contributed by atoms with Crippen molar-refractivity contribution >= 4 is 23.5 Å². The predicted molar refractivity (Wildman–Crippen MR) is 115 cm³/mol. The van der Waals surface area contributed by atoms with E-state index < -0.39 is 30.4 Å². The summed E-state index contributed by atoms with van der Waals surface area (Å²) in [6, 6.07) is 11.5. The van der Waals surface area contributed by atoms with Crippen LogP contribution in [0.15, 0.2) is 42.5 Å². The number of anilines is 1. The molecule has 2 rings (SSSR count). The van der Waals surface area contributed by atoms with E-state index in [-0.39, 0.29) is 5.92 Å². The summed E-state index contributed by atoms with van der Waals surface area (Å²) in [5, 5.41) is 5.44. The van der Waals surface area contributed by atoms with Crippen LogP contribution in [0.1, 0.15) is 35.3 Å². The molecule has 1 atom stereocenters. The molecule has 0 aliphatic carbocycles. The Kier molecular flexibility index (Phi) is 7.98. The number of benzene rings is 2. The molecule has 0 aliphatic rings. The van der Waals surface area contributed by atoms with Gasteiger partial charge in [0.2, 0.25) is 0 Å². The van der Waals surface area contributed by atoms with Gasteiger partial charge < -0.3 is 20.1 Å². The third kappa shape index (κ3) is 5.83. The van der Waals surface area contributed by atoms with E-state index in [9.17, 15) is 14.4 Å². The fraction of sp³-hybridized carbons (Fsp3) is 0.348. The maximum Gasteiger partial charge on any atom is 0.329 e. The molecule has 0 heterocycles. The first-order chi connectivity index (χ1) is 14.2. The number of nitrogens with one attached hydrogen (secondary N) is 2. The molecular weight excluding hydrogens is 384 g/mol. The van der Waals surface area contributed by atoms with E-state index in [1.807, 2.05) is 32.0 Å². The minimum atomic E-state index is -0.907. The first kappa shape index (κ1) is 22.9. The van der Waals surface area contributed by atoms with Crippen molar-refractivity contribution in [1.82, 2.24) is 5.32 Å². The summed E-state index contributed by atoms with van der Waals surface area (Å²) < 4.78 is 10.4. The van der Waals surface area contributed by atoms with Crippen LogP contribution in [0.3, 0.4) is 0 Å². The zero-order valence-corrected chi connectivity index (χ0v) is 17.9. The van der Waals surface area contributed by atoms with Gasteiger partial charge in [-0.25, -0.2) is 4.79 Å². The van der Waals surface area contributed by atoms with Crippen LogP contribution in [0.4, 0.5) is 5.69 Å². The summed E-state index contributed by atoms with van der Waals surface area (Å²) in [6.07, 6.45) is 0. The zero-order valence-electron chi connectivity index (χ0n) is 17.9. The van der Waals surface area contributed by atoms with Crippen LogP contribution >= 0.6 is 0 Å². The Morgan fingerprint density at radius 2 is 1.60 bits per heavy atom. The standard InChI is InChI=1S/C23H28N2O5/c1-14(2)20(25-22(27)17-11-6-7-12-18(17)29-5)23(28)30-13-19(26)24-21-15(3)9-8-10-16(21)4/h6-12,14,20H,13H2,1-5H3,(H,24,26)(H,25,27)/t20-/m0/s1. The van der Waals surface area contributed by atoms with Gasteiger partial charge in [-0.1, -0.05) is 44.2 Å². The molecule has 2 N–H and O–H groups in total. The molecule has 0 fully saturated rings. The predicted octanol–water partition coefficient (Wildman–Crippen LogP) is 3.25. The molecule has 2 amide bonds. The Balaban J connectivity index is 2.00. The number of hydrogen-bond donors (Lipinski definition) is 2. The lowest BCUT2D eigenvalue weighted by Gasteiger charge is -2.21. The summed E-state index contributed by atoms with van der Waals surface area (Å²) >= 11 is 0. The van der Waals surface area contributed by atoms with Crippen molar-refractivity contribution in [3.8, 4) is 5.75 Å². The molecule has 0 bridgehead atoms. The van der Waals surface area contributed by atoms with Crippen LogP contribution in [-0.2, 0) is 14.3 Å². The van der Waals surface area contributed by atoms with Crippen LogP contribution in [0, 0.1) is 19.8 Å². The smallest absolute Gasteiger partial charge is 0.329 e. The van der Waals surface area contributed by atoms with E-state index >= 15 is 0 Å². The molecule has 0 unspecified atom stereocenters. The van der Waals surface area contributed by atoms with E-state index in [4.69, 9.17) is 9.47 Å². The summed E-state index contributed by atoms with van der Waals surface area (Å²) in [4.78, 5) is 37.4. The highest BCUT2D eigenvalue weighted by molar-refractivity contribution is 5.99. The number of aryl methyl sites for hydroxylation is 2. The van der Waals surface area contributed by atoms with E-state index in [1.165, 1.54) is 7.11 Å². The van der Waals surface area contributed by atoms with Crippen LogP contribution in [-0.4, -0.2) is 37.5 Å². The average molecular weight is 412 g/mol. The van der Waals surface area contributed by atoms with Crippen LogP contribution in [0.5, 0.6) is 5.75 Å². The molecule has 7 nitrogen and oxygen atoms in total. The fourth-order valence-electron chi connectivity index (χ4n) is 2.96. The number of ether oxygens (including phenoxy) is 2. The van der Waals surface area contributed by atoms with Gasteiger partial charge in [-0.2, -0.15) is 0 Å². The molecule has 0 aromatic heterocycles. The van der Waals surface area contributed by atoms with Crippen LogP contribution in [0.25, 0.3) is 0 Å². The van der Waals surface area contributed by atoms with Gasteiger partial charge in [-0.05, 0) is 43.0 Å². The van der Waals surface area contributed by atoms with Crippen molar-refractivity contribution < 1.29 is 23.9 Å². The maximum absolute atomic E-state index is 12.6. The van der Waals surface area contributed by atoms with Gasteiger partial charge in [0, 0.05) is 5.69 Å². The van der Waals surface area contributed by atoms with Crippen molar-refractivity contribution in [1.29, 1.82) is 0 Å². The second-order valence-electron chi connectivity index (χ2n) is 7.32. The second kappa shape index (κ2) is 10.4. The van der Waals surface area contributed by atoms with E-state index in [0.717, 1.165) is 11.1 Å². The lowest BCUT2D eigenvalue weighted by molar-refractivity contribution is -0.150. The molecule has 2 aromatic rings. The number of para-hydroxylation sites is 2. The van der Waals surface area contributed by atoms with Gasteiger partial charge in [0.05, 0.1) is 12.7 Å². The molecule has 0 saturated heterocycles. The molecule has 0 radical (unpaired) electrons. The maximum atomic E-state index is 12.6. The number of methoxy groups -OCH3 is 1. The topological polar surface area (TPSA) is 93.7 Å². The van der Waals surface area contributed by atoms with Crippen molar-refractivity contribution in [3.63, 3.8) is 0 Å². The van der Waals surface area contributed by atoms with Gasteiger partial charge in [0.1, 0.15) is 11.8 Å². The normalized spacial score (nSPS) is 11.5. The number of rotatable bonds is 8. The quantitative estimate of drug-likeness (QED) is 0.649. The number of carbonyl (C=O) groups excluding carboxylic acids is 3. The Morgan fingerprint density at radius 1 is 0.967 bits per heavy atom.